The van der Waals surface area contributed by atoms with Gasteiger partial charge in [-0.15, -0.1) is 0 Å². The minimum absolute atomic E-state index is 0.134. The lowest BCUT2D eigenvalue weighted by molar-refractivity contribution is -0.137. The molecule has 0 bridgehead atoms. The van der Waals surface area contributed by atoms with Gasteiger partial charge in [-0.3, -0.25) is 14.6 Å². The van der Waals surface area contributed by atoms with E-state index < -0.39 is 17.6 Å². The number of hydrogen-bond donors (Lipinski definition) is 2. The molecule has 0 aliphatic rings. The van der Waals surface area contributed by atoms with Gasteiger partial charge in [0, 0.05) is 23.0 Å². The summed E-state index contributed by atoms with van der Waals surface area (Å²) in [6.07, 6.45) is -2.92. The molecule has 148 valence electrons. The van der Waals surface area contributed by atoms with Crippen LogP contribution < -0.4 is 10.6 Å². The molecule has 8 heteroatoms. The molecule has 0 unspecified atom stereocenters. The van der Waals surface area contributed by atoms with Crippen molar-refractivity contribution in [2.45, 2.75) is 12.7 Å². The third kappa shape index (κ3) is 5.41. The molecule has 1 heterocycles. The highest BCUT2D eigenvalue weighted by Crippen LogP contribution is 2.29. The van der Waals surface area contributed by atoms with E-state index in [-0.39, 0.29) is 23.7 Å². The Morgan fingerprint density at radius 3 is 2.28 bits per heavy atom. The Morgan fingerprint density at radius 1 is 0.862 bits per heavy atom. The molecular weight excluding hydrogens is 383 g/mol. The first-order chi connectivity index (χ1) is 13.8. The Balaban J connectivity index is 1.68. The SMILES string of the molecule is O=C(NCc1ccccn1)c1cccc(NC(=O)c2cccc(C(F)(F)F)c2)c1. The fourth-order valence-electron chi connectivity index (χ4n) is 2.55. The van der Waals surface area contributed by atoms with Gasteiger partial charge in [0.15, 0.2) is 0 Å². The molecular formula is C21H16F3N3O2. The molecule has 2 N–H and O–H groups in total. The second kappa shape index (κ2) is 8.55. The van der Waals surface area contributed by atoms with Crippen molar-refractivity contribution in [3.8, 4) is 0 Å². The normalized spacial score (nSPS) is 11.0. The van der Waals surface area contributed by atoms with Crippen molar-refractivity contribution in [1.29, 1.82) is 0 Å². The van der Waals surface area contributed by atoms with Crippen LogP contribution in [0, 0.1) is 0 Å². The van der Waals surface area contributed by atoms with E-state index in [0.717, 1.165) is 12.1 Å². The maximum Gasteiger partial charge on any atom is 0.416 e. The lowest BCUT2D eigenvalue weighted by atomic mass is 10.1. The molecule has 0 spiro atoms. The number of carbonyl (C=O) groups excluding carboxylic acids is 2. The molecule has 0 saturated carbocycles. The Hall–Kier alpha value is -3.68. The summed E-state index contributed by atoms with van der Waals surface area (Å²) < 4.78 is 38.4. The van der Waals surface area contributed by atoms with E-state index in [1.54, 1.807) is 42.6 Å². The van der Waals surface area contributed by atoms with Crippen molar-refractivity contribution < 1.29 is 22.8 Å². The second-order valence-corrected chi connectivity index (χ2v) is 6.12. The molecule has 2 aromatic carbocycles. The maximum atomic E-state index is 12.8. The average Bonchev–Trinajstić information content (AvgIpc) is 2.72. The fraction of sp³-hybridized carbons (Fsp3) is 0.0952. The van der Waals surface area contributed by atoms with Crippen molar-refractivity contribution in [3.63, 3.8) is 0 Å². The Labute approximate surface area is 164 Å². The van der Waals surface area contributed by atoms with Crippen LogP contribution in [-0.4, -0.2) is 16.8 Å². The topological polar surface area (TPSA) is 71.1 Å². The van der Waals surface area contributed by atoms with Gasteiger partial charge in [-0.2, -0.15) is 13.2 Å². The van der Waals surface area contributed by atoms with Gasteiger partial charge < -0.3 is 10.6 Å². The standard InChI is InChI=1S/C21H16F3N3O2/c22-21(23,24)16-7-3-5-14(11-16)20(29)27-17-9-4-6-15(12-17)19(28)26-13-18-8-1-2-10-25-18/h1-12H,13H2,(H,26,28)(H,27,29). The number of halogens is 3. The highest BCUT2D eigenvalue weighted by molar-refractivity contribution is 6.05. The number of aromatic nitrogens is 1. The van der Waals surface area contributed by atoms with Crippen LogP contribution in [0.5, 0.6) is 0 Å². The van der Waals surface area contributed by atoms with Crippen LogP contribution in [-0.2, 0) is 12.7 Å². The fourth-order valence-corrected chi connectivity index (χ4v) is 2.55. The monoisotopic (exact) mass is 399 g/mol. The number of benzene rings is 2. The van der Waals surface area contributed by atoms with Crippen LogP contribution in [0.4, 0.5) is 18.9 Å². The van der Waals surface area contributed by atoms with E-state index in [0.29, 0.717) is 11.3 Å². The van der Waals surface area contributed by atoms with Gasteiger partial charge in [-0.1, -0.05) is 18.2 Å². The summed E-state index contributed by atoms with van der Waals surface area (Å²) in [4.78, 5) is 28.7. The molecule has 29 heavy (non-hydrogen) atoms. The van der Waals surface area contributed by atoms with Crippen LogP contribution >= 0.6 is 0 Å². The van der Waals surface area contributed by atoms with Crippen molar-refractivity contribution >= 4 is 17.5 Å². The molecule has 3 aromatic rings. The highest BCUT2D eigenvalue weighted by atomic mass is 19.4. The van der Waals surface area contributed by atoms with Crippen LogP contribution in [0.25, 0.3) is 0 Å². The average molecular weight is 399 g/mol. The van der Waals surface area contributed by atoms with Gasteiger partial charge in [-0.25, -0.2) is 0 Å². The number of carbonyl (C=O) groups is 2. The van der Waals surface area contributed by atoms with Crippen molar-refractivity contribution in [2.75, 3.05) is 5.32 Å². The van der Waals surface area contributed by atoms with Crippen LogP contribution in [0.2, 0.25) is 0 Å². The number of rotatable bonds is 5. The predicted octanol–water partition coefficient (Wildman–Crippen LogP) is 4.28. The summed E-state index contributed by atoms with van der Waals surface area (Å²) >= 11 is 0. The third-order valence-corrected chi connectivity index (χ3v) is 3.99. The summed E-state index contributed by atoms with van der Waals surface area (Å²) in [5.41, 5.74) is 0.230. The van der Waals surface area contributed by atoms with Gasteiger partial charge in [0.2, 0.25) is 0 Å². The maximum absolute atomic E-state index is 12.8. The van der Waals surface area contributed by atoms with Gasteiger partial charge >= 0.3 is 6.18 Å². The highest BCUT2D eigenvalue weighted by Gasteiger charge is 2.30. The van der Waals surface area contributed by atoms with Gasteiger partial charge in [-0.05, 0) is 48.5 Å². The molecule has 0 aliphatic heterocycles. The zero-order valence-corrected chi connectivity index (χ0v) is 15.0. The summed E-state index contributed by atoms with van der Waals surface area (Å²) in [5, 5.41) is 5.22. The number of alkyl halides is 3. The van der Waals surface area contributed by atoms with E-state index in [1.165, 1.54) is 18.2 Å². The minimum Gasteiger partial charge on any atom is -0.346 e. The number of nitrogens with one attached hydrogen (secondary N) is 2. The first kappa shape index (κ1) is 20.1. The summed E-state index contributed by atoms with van der Waals surface area (Å²) in [6, 6.07) is 15.6. The Morgan fingerprint density at radius 2 is 1.59 bits per heavy atom. The van der Waals surface area contributed by atoms with Crippen molar-refractivity contribution in [3.05, 3.63) is 95.3 Å². The van der Waals surface area contributed by atoms with Crippen LogP contribution in [0.3, 0.4) is 0 Å². The van der Waals surface area contributed by atoms with E-state index >= 15 is 0 Å². The third-order valence-electron chi connectivity index (χ3n) is 3.99. The molecule has 0 fully saturated rings. The molecule has 5 nitrogen and oxygen atoms in total. The molecule has 0 saturated heterocycles. The van der Waals surface area contributed by atoms with Gasteiger partial charge in [0.05, 0.1) is 17.8 Å². The molecule has 1 aromatic heterocycles. The molecule has 0 atom stereocenters. The number of pyridine rings is 1. The Kier molecular flexibility index (Phi) is 5.92. The van der Waals surface area contributed by atoms with E-state index in [2.05, 4.69) is 15.6 Å². The smallest absolute Gasteiger partial charge is 0.346 e. The van der Waals surface area contributed by atoms with E-state index in [1.807, 2.05) is 0 Å². The molecule has 0 radical (unpaired) electrons. The first-order valence-electron chi connectivity index (χ1n) is 8.60. The zero-order chi connectivity index (χ0) is 20.9. The van der Waals surface area contributed by atoms with E-state index in [9.17, 15) is 22.8 Å². The summed E-state index contributed by atoms with van der Waals surface area (Å²) in [6.45, 7) is 0.237. The lowest BCUT2D eigenvalue weighted by Gasteiger charge is -2.10. The van der Waals surface area contributed by atoms with Gasteiger partial charge in [0.25, 0.3) is 11.8 Å². The van der Waals surface area contributed by atoms with Crippen molar-refractivity contribution in [2.24, 2.45) is 0 Å². The number of hydrogen-bond acceptors (Lipinski definition) is 3. The Bertz CT molecular complexity index is 1020. The second-order valence-electron chi connectivity index (χ2n) is 6.12. The summed E-state index contributed by atoms with van der Waals surface area (Å²) in [7, 11) is 0. The van der Waals surface area contributed by atoms with Crippen LogP contribution in [0.1, 0.15) is 32.0 Å². The first-order valence-corrected chi connectivity index (χ1v) is 8.60. The minimum atomic E-state index is -4.54. The largest absolute Gasteiger partial charge is 0.416 e. The lowest BCUT2D eigenvalue weighted by Crippen LogP contribution is -2.23. The zero-order valence-electron chi connectivity index (χ0n) is 15.0. The molecule has 2 amide bonds. The predicted molar refractivity (Wildman–Crippen MR) is 101 cm³/mol. The number of nitrogens with zero attached hydrogens (tertiary/aromatic N) is 1. The van der Waals surface area contributed by atoms with E-state index in [4.69, 9.17) is 0 Å². The quantitative estimate of drug-likeness (QED) is 0.673. The summed E-state index contributed by atoms with van der Waals surface area (Å²) in [5.74, 6) is -1.08. The van der Waals surface area contributed by atoms with Crippen LogP contribution in [0.15, 0.2) is 72.9 Å². The molecule has 3 rings (SSSR count). The molecule has 0 aliphatic carbocycles. The van der Waals surface area contributed by atoms with Crippen molar-refractivity contribution in [1.82, 2.24) is 10.3 Å². The number of anilines is 1. The van der Waals surface area contributed by atoms with Gasteiger partial charge in [0.1, 0.15) is 0 Å². The number of amides is 2.